The van der Waals surface area contributed by atoms with Crippen LogP contribution in [0.3, 0.4) is 0 Å². The number of nitrogens with one attached hydrogen (secondary N) is 1. The van der Waals surface area contributed by atoms with Gasteiger partial charge in [0.05, 0.1) is 5.56 Å². The molecule has 1 aromatic carbocycles. The fourth-order valence-electron chi connectivity index (χ4n) is 2.43. The second-order valence-electron chi connectivity index (χ2n) is 5.39. The van der Waals surface area contributed by atoms with Crippen molar-refractivity contribution in [3.8, 4) is 0 Å². The monoisotopic (exact) mass is 300 g/mol. The number of carbonyl (C=O) groups is 1. The van der Waals surface area contributed by atoms with Gasteiger partial charge in [-0.1, -0.05) is 12.1 Å². The van der Waals surface area contributed by atoms with Gasteiger partial charge in [-0.2, -0.15) is 13.2 Å². The van der Waals surface area contributed by atoms with Crippen LogP contribution in [0.15, 0.2) is 24.3 Å². The molecule has 2 rings (SSSR count). The van der Waals surface area contributed by atoms with Crippen molar-refractivity contribution in [2.75, 3.05) is 19.6 Å². The lowest BCUT2D eigenvalue weighted by Gasteiger charge is -2.32. The molecule has 0 saturated carbocycles. The van der Waals surface area contributed by atoms with Crippen LogP contribution < -0.4 is 5.32 Å². The number of amides is 1. The molecule has 1 saturated heterocycles. The molecule has 1 fully saturated rings. The Morgan fingerprint density at radius 3 is 2.57 bits per heavy atom. The molecule has 1 N–H and O–H groups in total. The number of halogens is 3. The minimum absolute atomic E-state index is 0.0586. The molecular formula is C15H19F3N2O. The van der Waals surface area contributed by atoms with Gasteiger partial charge in [0.2, 0.25) is 5.91 Å². The Morgan fingerprint density at radius 2 is 2.00 bits per heavy atom. The molecule has 0 radical (unpaired) electrons. The van der Waals surface area contributed by atoms with Crippen molar-refractivity contribution in [3.05, 3.63) is 35.4 Å². The Morgan fingerprint density at radius 1 is 1.33 bits per heavy atom. The van der Waals surface area contributed by atoms with Crippen molar-refractivity contribution in [2.24, 2.45) is 0 Å². The highest BCUT2D eigenvalue weighted by Gasteiger charge is 2.30. The summed E-state index contributed by atoms with van der Waals surface area (Å²) in [4.78, 5) is 13.9. The molecule has 3 nitrogen and oxygen atoms in total. The van der Waals surface area contributed by atoms with Crippen LogP contribution in [0.5, 0.6) is 0 Å². The van der Waals surface area contributed by atoms with Gasteiger partial charge >= 0.3 is 6.18 Å². The second kappa shape index (κ2) is 6.47. The quantitative estimate of drug-likeness (QED) is 0.930. The summed E-state index contributed by atoms with van der Waals surface area (Å²) in [6.07, 6.45) is -3.52. The first-order chi connectivity index (χ1) is 9.86. The lowest BCUT2D eigenvalue weighted by Crippen LogP contribution is -2.51. The van der Waals surface area contributed by atoms with Crippen molar-refractivity contribution in [1.82, 2.24) is 10.2 Å². The number of nitrogens with zero attached hydrogens (tertiary/aromatic N) is 1. The maximum Gasteiger partial charge on any atom is 0.416 e. The van der Waals surface area contributed by atoms with Gasteiger partial charge in [0, 0.05) is 32.1 Å². The Bertz CT molecular complexity index is 485. The topological polar surface area (TPSA) is 32.3 Å². The van der Waals surface area contributed by atoms with Crippen LogP contribution in [0, 0.1) is 0 Å². The first kappa shape index (κ1) is 15.8. The van der Waals surface area contributed by atoms with Crippen LogP contribution in [0.2, 0.25) is 0 Å². The number of alkyl halides is 3. The Labute approximate surface area is 122 Å². The molecular weight excluding hydrogens is 281 g/mol. The third-order valence-electron chi connectivity index (χ3n) is 3.63. The van der Waals surface area contributed by atoms with Crippen LogP contribution in [-0.2, 0) is 17.4 Å². The van der Waals surface area contributed by atoms with Crippen molar-refractivity contribution < 1.29 is 18.0 Å². The predicted octanol–water partition coefficient (Wildman–Crippen LogP) is 2.46. The van der Waals surface area contributed by atoms with Crippen molar-refractivity contribution in [3.63, 3.8) is 0 Å². The van der Waals surface area contributed by atoms with Gasteiger partial charge in [0.15, 0.2) is 0 Å². The van der Waals surface area contributed by atoms with E-state index in [1.165, 1.54) is 12.1 Å². The molecule has 0 aliphatic carbocycles. The standard InChI is InChI=1S/C15H19F3N2O/c1-11-10-20(9-8-19-11)14(21)7-4-12-2-5-13(6-3-12)15(16,17)18/h2-3,5-6,11,19H,4,7-10H2,1H3. The zero-order chi connectivity index (χ0) is 15.5. The zero-order valence-electron chi connectivity index (χ0n) is 11.9. The lowest BCUT2D eigenvalue weighted by molar-refractivity contribution is -0.137. The Hall–Kier alpha value is -1.56. The largest absolute Gasteiger partial charge is 0.416 e. The highest BCUT2D eigenvalue weighted by Crippen LogP contribution is 2.29. The molecule has 1 aliphatic rings. The number of piperazine rings is 1. The fraction of sp³-hybridized carbons (Fsp3) is 0.533. The molecule has 1 atom stereocenters. The summed E-state index contributed by atoms with van der Waals surface area (Å²) in [5.41, 5.74) is 0.0908. The van der Waals surface area contributed by atoms with Crippen LogP contribution in [-0.4, -0.2) is 36.5 Å². The van der Waals surface area contributed by atoms with Crippen LogP contribution >= 0.6 is 0 Å². The van der Waals surface area contributed by atoms with E-state index in [1.807, 2.05) is 11.8 Å². The summed E-state index contributed by atoms with van der Waals surface area (Å²) in [6, 6.07) is 5.29. The zero-order valence-corrected chi connectivity index (χ0v) is 11.9. The summed E-state index contributed by atoms with van der Waals surface area (Å²) in [5, 5.41) is 3.26. The lowest BCUT2D eigenvalue weighted by atomic mass is 10.1. The van der Waals surface area contributed by atoms with Crippen molar-refractivity contribution >= 4 is 5.91 Å². The molecule has 116 valence electrons. The van der Waals surface area contributed by atoms with E-state index in [0.29, 0.717) is 25.9 Å². The molecule has 1 amide bonds. The number of rotatable bonds is 3. The smallest absolute Gasteiger partial charge is 0.340 e. The average molecular weight is 300 g/mol. The first-order valence-electron chi connectivity index (χ1n) is 7.03. The van der Waals surface area contributed by atoms with Crippen LogP contribution in [0.25, 0.3) is 0 Å². The summed E-state index contributed by atoms with van der Waals surface area (Å²) in [7, 11) is 0. The van der Waals surface area contributed by atoms with Crippen LogP contribution in [0.1, 0.15) is 24.5 Å². The summed E-state index contributed by atoms with van der Waals surface area (Å²) in [6.45, 7) is 4.19. The van der Waals surface area contributed by atoms with Gasteiger partial charge in [-0.3, -0.25) is 4.79 Å². The fourth-order valence-corrected chi connectivity index (χ4v) is 2.43. The third kappa shape index (κ3) is 4.46. The van der Waals surface area contributed by atoms with Gasteiger partial charge in [-0.05, 0) is 31.0 Å². The maximum atomic E-state index is 12.4. The molecule has 0 bridgehead atoms. The highest BCUT2D eigenvalue weighted by atomic mass is 19.4. The number of hydrogen-bond acceptors (Lipinski definition) is 2. The number of aryl methyl sites for hydroxylation is 1. The summed E-state index contributed by atoms with van der Waals surface area (Å²) in [5.74, 6) is 0.0586. The molecule has 21 heavy (non-hydrogen) atoms. The van der Waals surface area contributed by atoms with Crippen molar-refractivity contribution in [1.29, 1.82) is 0 Å². The van der Waals surface area contributed by atoms with E-state index >= 15 is 0 Å². The normalized spacial score (nSPS) is 19.6. The number of hydrogen-bond donors (Lipinski definition) is 1. The summed E-state index contributed by atoms with van der Waals surface area (Å²) >= 11 is 0. The third-order valence-corrected chi connectivity index (χ3v) is 3.63. The number of benzene rings is 1. The van der Waals surface area contributed by atoms with E-state index in [-0.39, 0.29) is 11.9 Å². The van der Waals surface area contributed by atoms with E-state index in [2.05, 4.69) is 5.32 Å². The molecule has 1 unspecified atom stereocenters. The molecule has 1 aliphatic heterocycles. The minimum Gasteiger partial charge on any atom is -0.340 e. The maximum absolute atomic E-state index is 12.4. The molecule has 0 aromatic heterocycles. The number of carbonyl (C=O) groups excluding carboxylic acids is 1. The predicted molar refractivity (Wildman–Crippen MR) is 73.8 cm³/mol. The van der Waals surface area contributed by atoms with E-state index < -0.39 is 11.7 Å². The minimum atomic E-state index is -4.31. The van der Waals surface area contributed by atoms with Gasteiger partial charge < -0.3 is 10.2 Å². The Kier molecular flexibility index (Phi) is 4.88. The first-order valence-corrected chi connectivity index (χ1v) is 7.03. The molecule has 1 heterocycles. The van der Waals surface area contributed by atoms with E-state index in [4.69, 9.17) is 0 Å². The van der Waals surface area contributed by atoms with Gasteiger partial charge in [0.25, 0.3) is 0 Å². The van der Waals surface area contributed by atoms with Crippen LogP contribution in [0.4, 0.5) is 13.2 Å². The highest BCUT2D eigenvalue weighted by molar-refractivity contribution is 5.76. The molecule has 0 spiro atoms. The van der Waals surface area contributed by atoms with Gasteiger partial charge in [-0.15, -0.1) is 0 Å². The van der Waals surface area contributed by atoms with Crippen molar-refractivity contribution in [2.45, 2.75) is 32.0 Å². The van der Waals surface area contributed by atoms with Gasteiger partial charge in [-0.25, -0.2) is 0 Å². The van der Waals surface area contributed by atoms with E-state index in [1.54, 1.807) is 0 Å². The van der Waals surface area contributed by atoms with Gasteiger partial charge in [0.1, 0.15) is 0 Å². The molecule has 1 aromatic rings. The average Bonchev–Trinajstić information content (AvgIpc) is 2.44. The van der Waals surface area contributed by atoms with E-state index in [9.17, 15) is 18.0 Å². The molecule has 6 heteroatoms. The Balaban J connectivity index is 1.86. The van der Waals surface area contributed by atoms with E-state index in [0.717, 1.165) is 24.2 Å². The SMILES string of the molecule is CC1CN(C(=O)CCc2ccc(C(F)(F)F)cc2)CCN1. The second-order valence-corrected chi connectivity index (χ2v) is 5.39. The summed E-state index contributed by atoms with van der Waals surface area (Å²) < 4.78 is 37.3.